The lowest BCUT2D eigenvalue weighted by Crippen LogP contribution is -2.29. The highest BCUT2D eigenvalue weighted by Gasteiger charge is 2.16. The summed E-state index contributed by atoms with van der Waals surface area (Å²) in [6.45, 7) is 4.31. The summed E-state index contributed by atoms with van der Waals surface area (Å²) in [7, 11) is 1.59. The number of hydrogen-bond donors (Lipinski definition) is 1. The average molecular weight is 273 g/mol. The highest BCUT2D eigenvalue weighted by Crippen LogP contribution is 2.16. The van der Waals surface area contributed by atoms with E-state index in [4.69, 9.17) is 9.15 Å². The molecule has 0 saturated carbocycles. The summed E-state index contributed by atoms with van der Waals surface area (Å²) in [5, 5.41) is 2.87. The minimum atomic E-state index is -0.278. The summed E-state index contributed by atoms with van der Waals surface area (Å²) in [4.78, 5) is 12.2. The first-order valence-electron chi connectivity index (χ1n) is 6.53. The highest BCUT2D eigenvalue weighted by molar-refractivity contribution is 5.95. The summed E-state index contributed by atoms with van der Waals surface area (Å²) in [5.41, 5.74) is 2.80. The molecule has 0 aliphatic rings. The normalized spacial score (nSPS) is 12.2. The Morgan fingerprint density at radius 1 is 1.35 bits per heavy atom. The largest absolute Gasteiger partial charge is 0.467 e. The van der Waals surface area contributed by atoms with Crippen molar-refractivity contribution in [2.24, 2.45) is 0 Å². The van der Waals surface area contributed by atoms with Gasteiger partial charge in [-0.15, -0.1) is 0 Å². The number of carbonyl (C=O) groups is 1. The van der Waals surface area contributed by atoms with Crippen molar-refractivity contribution in [3.63, 3.8) is 0 Å². The molecule has 0 radical (unpaired) electrons. The molecule has 4 nitrogen and oxygen atoms in total. The zero-order valence-corrected chi connectivity index (χ0v) is 12.0. The number of benzene rings is 1. The lowest BCUT2D eigenvalue weighted by Gasteiger charge is -2.14. The van der Waals surface area contributed by atoms with Gasteiger partial charge in [0.15, 0.2) is 0 Å². The minimum absolute atomic E-state index is 0.101. The summed E-state index contributed by atoms with van der Waals surface area (Å²) in [5.74, 6) is 0.601. The Balaban J connectivity index is 2.01. The zero-order chi connectivity index (χ0) is 14.5. The molecule has 0 aliphatic carbocycles. The number of amides is 1. The third-order valence-corrected chi connectivity index (χ3v) is 3.22. The molecule has 0 bridgehead atoms. The van der Waals surface area contributed by atoms with Gasteiger partial charge in [0.1, 0.15) is 11.9 Å². The Kier molecular flexibility index (Phi) is 4.58. The van der Waals surface area contributed by atoms with Gasteiger partial charge < -0.3 is 14.5 Å². The van der Waals surface area contributed by atoms with Gasteiger partial charge in [-0.2, -0.15) is 0 Å². The maximum Gasteiger partial charge on any atom is 0.251 e. The number of carbonyl (C=O) groups excluding carboxylic acids is 1. The van der Waals surface area contributed by atoms with E-state index < -0.39 is 0 Å². The summed E-state index contributed by atoms with van der Waals surface area (Å²) < 4.78 is 10.6. The minimum Gasteiger partial charge on any atom is -0.467 e. The molecule has 1 N–H and O–H groups in total. The molecule has 0 aliphatic heterocycles. The Hall–Kier alpha value is -2.07. The molecule has 0 spiro atoms. The van der Waals surface area contributed by atoms with E-state index in [1.807, 2.05) is 38.1 Å². The standard InChI is InChI=1S/C16H19NO3/c1-11-6-7-13(12(2)9-11)16(18)17-10-15(19-3)14-5-4-8-20-14/h4-9,15H,10H2,1-3H3,(H,17,18). The molecule has 20 heavy (non-hydrogen) atoms. The van der Waals surface area contributed by atoms with Gasteiger partial charge in [-0.05, 0) is 37.6 Å². The van der Waals surface area contributed by atoms with Gasteiger partial charge in [0.2, 0.25) is 0 Å². The topological polar surface area (TPSA) is 51.5 Å². The van der Waals surface area contributed by atoms with E-state index in [0.29, 0.717) is 17.9 Å². The van der Waals surface area contributed by atoms with Gasteiger partial charge in [-0.1, -0.05) is 17.7 Å². The average Bonchev–Trinajstić information content (AvgIpc) is 2.93. The lowest BCUT2D eigenvalue weighted by molar-refractivity contribution is 0.0738. The Morgan fingerprint density at radius 2 is 2.15 bits per heavy atom. The first-order valence-corrected chi connectivity index (χ1v) is 6.53. The predicted molar refractivity (Wildman–Crippen MR) is 76.7 cm³/mol. The third kappa shape index (κ3) is 3.27. The molecular formula is C16H19NO3. The number of methoxy groups -OCH3 is 1. The highest BCUT2D eigenvalue weighted by atomic mass is 16.5. The van der Waals surface area contributed by atoms with E-state index in [2.05, 4.69) is 5.32 Å². The number of ether oxygens (including phenoxy) is 1. The van der Waals surface area contributed by atoms with Gasteiger partial charge in [-0.3, -0.25) is 4.79 Å². The van der Waals surface area contributed by atoms with Gasteiger partial charge in [-0.25, -0.2) is 0 Å². The molecule has 2 rings (SSSR count). The first kappa shape index (κ1) is 14.3. The number of nitrogens with one attached hydrogen (secondary N) is 1. The van der Waals surface area contributed by atoms with E-state index in [1.54, 1.807) is 19.4 Å². The van der Waals surface area contributed by atoms with Crippen LogP contribution >= 0.6 is 0 Å². The van der Waals surface area contributed by atoms with E-state index >= 15 is 0 Å². The predicted octanol–water partition coefficient (Wildman–Crippen LogP) is 3.01. The summed E-state index contributed by atoms with van der Waals surface area (Å²) in [6, 6.07) is 9.40. The van der Waals surface area contributed by atoms with Gasteiger partial charge >= 0.3 is 0 Å². The fourth-order valence-corrected chi connectivity index (χ4v) is 2.12. The molecule has 106 valence electrons. The van der Waals surface area contributed by atoms with Crippen molar-refractivity contribution in [1.29, 1.82) is 0 Å². The molecule has 0 fully saturated rings. The molecule has 1 amide bonds. The monoisotopic (exact) mass is 273 g/mol. The second kappa shape index (κ2) is 6.39. The van der Waals surface area contributed by atoms with E-state index in [-0.39, 0.29) is 12.0 Å². The van der Waals surface area contributed by atoms with Crippen LogP contribution in [0.2, 0.25) is 0 Å². The lowest BCUT2D eigenvalue weighted by atomic mass is 10.1. The van der Waals surface area contributed by atoms with Crippen LogP contribution in [-0.2, 0) is 4.74 Å². The molecule has 4 heteroatoms. The summed E-state index contributed by atoms with van der Waals surface area (Å²) in [6.07, 6.45) is 1.31. The van der Waals surface area contributed by atoms with Crippen molar-refractivity contribution in [2.45, 2.75) is 20.0 Å². The quantitative estimate of drug-likeness (QED) is 0.911. The molecule has 1 unspecified atom stereocenters. The number of hydrogen-bond acceptors (Lipinski definition) is 3. The van der Waals surface area contributed by atoms with Gasteiger partial charge in [0.05, 0.1) is 12.8 Å². The first-order chi connectivity index (χ1) is 9.61. The number of aryl methyl sites for hydroxylation is 2. The molecule has 1 aromatic heterocycles. The van der Waals surface area contributed by atoms with Crippen LogP contribution in [0.15, 0.2) is 41.0 Å². The Bertz CT molecular complexity index is 575. The molecule has 1 atom stereocenters. The van der Waals surface area contributed by atoms with Crippen molar-refractivity contribution < 1.29 is 13.9 Å². The van der Waals surface area contributed by atoms with Gasteiger partial charge in [0, 0.05) is 12.7 Å². The fraction of sp³-hybridized carbons (Fsp3) is 0.312. The third-order valence-electron chi connectivity index (χ3n) is 3.22. The molecule has 1 aromatic carbocycles. The number of furan rings is 1. The molecular weight excluding hydrogens is 254 g/mol. The van der Waals surface area contributed by atoms with E-state index in [9.17, 15) is 4.79 Å². The second-order valence-electron chi connectivity index (χ2n) is 4.77. The van der Waals surface area contributed by atoms with Crippen LogP contribution in [0.25, 0.3) is 0 Å². The van der Waals surface area contributed by atoms with Crippen LogP contribution in [0.5, 0.6) is 0 Å². The maximum absolute atomic E-state index is 12.2. The smallest absolute Gasteiger partial charge is 0.251 e. The van der Waals surface area contributed by atoms with Crippen LogP contribution in [-0.4, -0.2) is 19.6 Å². The second-order valence-corrected chi connectivity index (χ2v) is 4.77. The van der Waals surface area contributed by atoms with Crippen molar-refractivity contribution in [1.82, 2.24) is 5.32 Å². The number of rotatable bonds is 5. The molecule has 0 saturated heterocycles. The molecule has 2 aromatic rings. The van der Waals surface area contributed by atoms with Crippen molar-refractivity contribution in [3.05, 3.63) is 59.0 Å². The van der Waals surface area contributed by atoms with Gasteiger partial charge in [0.25, 0.3) is 5.91 Å². The summed E-state index contributed by atoms with van der Waals surface area (Å²) >= 11 is 0. The van der Waals surface area contributed by atoms with Crippen LogP contribution < -0.4 is 5.32 Å². The SMILES string of the molecule is COC(CNC(=O)c1ccc(C)cc1C)c1ccco1. The Labute approximate surface area is 118 Å². The van der Waals surface area contributed by atoms with Crippen molar-refractivity contribution >= 4 is 5.91 Å². The van der Waals surface area contributed by atoms with E-state index in [0.717, 1.165) is 11.1 Å². The Morgan fingerprint density at radius 3 is 2.75 bits per heavy atom. The van der Waals surface area contributed by atoms with Crippen LogP contribution in [0, 0.1) is 13.8 Å². The van der Waals surface area contributed by atoms with E-state index in [1.165, 1.54) is 0 Å². The molecule has 1 heterocycles. The van der Waals surface area contributed by atoms with Crippen LogP contribution in [0.1, 0.15) is 33.3 Å². The zero-order valence-electron chi connectivity index (χ0n) is 12.0. The fourth-order valence-electron chi connectivity index (χ4n) is 2.12. The van der Waals surface area contributed by atoms with Crippen LogP contribution in [0.4, 0.5) is 0 Å². The van der Waals surface area contributed by atoms with Crippen molar-refractivity contribution in [2.75, 3.05) is 13.7 Å². The van der Waals surface area contributed by atoms with Crippen molar-refractivity contribution in [3.8, 4) is 0 Å². The maximum atomic E-state index is 12.2. The van der Waals surface area contributed by atoms with Crippen LogP contribution in [0.3, 0.4) is 0 Å².